The summed E-state index contributed by atoms with van der Waals surface area (Å²) in [6.07, 6.45) is 2.37. The number of nitrogens with zero attached hydrogens (tertiary/aromatic N) is 3. The average Bonchev–Trinajstić information content (AvgIpc) is 3.59. The minimum Gasteiger partial charge on any atom is -0.478 e. The van der Waals surface area contributed by atoms with Gasteiger partial charge in [-0.2, -0.15) is 0 Å². The van der Waals surface area contributed by atoms with E-state index >= 15 is 0 Å². The van der Waals surface area contributed by atoms with Crippen LogP contribution in [0.1, 0.15) is 71.1 Å². The fourth-order valence-electron chi connectivity index (χ4n) is 4.62. The molecule has 0 saturated carbocycles. The second-order valence-corrected chi connectivity index (χ2v) is 8.29. The van der Waals surface area contributed by atoms with E-state index in [4.69, 9.17) is 5.73 Å². The lowest BCUT2D eigenvalue weighted by atomic mass is 9.94. The molecule has 3 atom stereocenters. The highest BCUT2D eigenvalue weighted by Crippen LogP contribution is 2.52. The number of hydrogen-bond donors (Lipinski definition) is 3. The minimum absolute atomic E-state index is 0.0235. The van der Waals surface area contributed by atoms with Gasteiger partial charge in [0, 0.05) is 37.8 Å². The largest absolute Gasteiger partial charge is 0.478 e. The van der Waals surface area contributed by atoms with Crippen LogP contribution in [0.3, 0.4) is 0 Å². The van der Waals surface area contributed by atoms with Crippen molar-refractivity contribution in [3.05, 3.63) is 16.7 Å². The molecule has 0 bridgehead atoms. The SMILES string of the molecule is CCC1CN1c1c(C(N)=O)c(N2CC2CC)c(C(=O)O)c(N2CC2CC)c1C(=O)O. The summed E-state index contributed by atoms with van der Waals surface area (Å²) in [6, 6.07) is 0.323. The first-order valence-corrected chi connectivity index (χ1v) is 10.6. The highest BCUT2D eigenvalue weighted by Gasteiger charge is 2.49. The molecule has 3 aliphatic rings. The van der Waals surface area contributed by atoms with Gasteiger partial charge in [-0.05, 0) is 19.3 Å². The predicted molar refractivity (Wildman–Crippen MR) is 113 cm³/mol. The van der Waals surface area contributed by atoms with Crippen LogP contribution in [0.2, 0.25) is 0 Å². The molecule has 162 valence electrons. The molecule has 9 nitrogen and oxygen atoms in total. The molecule has 0 aliphatic carbocycles. The molecule has 4 rings (SSSR count). The first kappa shape index (κ1) is 20.3. The zero-order valence-electron chi connectivity index (χ0n) is 17.5. The van der Waals surface area contributed by atoms with Crippen molar-refractivity contribution >= 4 is 34.9 Å². The quantitative estimate of drug-likeness (QED) is 0.522. The van der Waals surface area contributed by atoms with Crippen molar-refractivity contribution in [3.8, 4) is 0 Å². The second-order valence-electron chi connectivity index (χ2n) is 8.29. The summed E-state index contributed by atoms with van der Waals surface area (Å²) >= 11 is 0. The van der Waals surface area contributed by atoms with Crippen LogP contribution in [0.25, 0.3) is 0 Å². The number of hydrogen-bond acceptors (Lipinski definition) is 6. The van der Waals surface area contributed by atoms with Gasteiger partial charge in [0.1, 0.15) is 11.1 Å². The van der Waals surface area contributed by atoms with E-state index in [0.29, 0.717) is 19.6 Å². The third kappa shape index (κ3) is 3.03. The van der Waals surface area contributed by atoms with E-state index in [0.717, 1.165) is 19.3 Å². The Kier molecular flexibility index (Phi) is 4.79. The Morgan fingerprint density at radius 3 is 1.23 bits per heavy atom. The van der Waals surface area contributed by atoms with Crippen LogP contribution in [0.4, 0.5) is 17.1 Å². The summed E-state index contributed by atoms with van der Waals surface area (Å²) in [6.45, 7) is 7.82. The molecule has 1 aromatic carbocycles. The lowest BCUT2D eigenvalue weighted by Gasteiger charge is -2.25. The number of primary amides is 1. The Morgan fingerprint density at radius 1 is 0.733 bits per heavy atom. The maximum absolute atomic E-state index is 12.6. The number of amides is 1. The number of carbonyl (C=O) groups is 3. The second kappa shape index (κ2) is 7.07. The molecule has 0 spiro atoms. The zero-order valence-corrected chi connectivity index (χ0v) is 17.5. The van der Waals surface area contributed by atoms with E-state index in [1.54, 1.807) is 0 Å². The van der Waals surface area contributed by atoms with E-state index in [9.17, 15) is 24.6 Å². The monoisotopic (exact) mass is 416 g/mol. The van der Waals surface area contributed by atoms with Gasteiger partial charge in [-0.15, -0.1) is 0 Å². The van der Waals surface area contributed by atoms with E-state index in [-0.39, 0.29) is 51.9 Å². The van der Waals surface area contributed by atoms with Gasteiger partial charge in [0.05, 0.1) is 22.6 Å². The van der Waals surface area contributed by atoms with E-state index in [1.807, 2.05) is 35.5 Å². The zero-order chi connectivity index (χ0) is 21.9. The van der Waals surface area contributed by atoms with Crippen molar-refractivity contribution in [2.24, 2.45) is 5.73 Å². The fourth-order valence-corrected chi connectivity index (χ4v) is 4.62. The van der Waals surface area contributed by atoms with Crippen molar-refractivity contribution < 1.29 is 24.6 Å². The molecule has 3 fully saturated rings. The van der Waals surface area contributed by atoms with Crippen molar-refractivity contribution in [1.29, 1.82) is 0 Å². The number of anilines is 3. The molecule has 3 aliphatic heterocycles. The highest BCUT2D eigenvalue weighted by molar-refractivity contribution is 6.20. The van der Waals surface area contributed by atoms with Crippen molar-refractivity contribution in [1.82, 2.24) is 0 Å². The van der Waals surface area contributed by atoms with Crippen LogP contribution in [-0.2, 0) is 0 Å². The van der Waals surface area contributed by atoms with Crippen LogP contribution < -0.4 is 20.4 Å². The molecule has 3 unspecified atom stereocenters. The molecular weight excluding hydrogens is 388 g/mol. The first-order chi connectivity index (χ1) is 14.3. The van der Waals surface area contributed by atoms with E-state index in [2.05, 4.69) is 0 Å². The maximum atomic E-state index is 12.6. The van der Waals surface area contributed by atoms with Gasteiger partial charge in [-0.25, -0.2) is 9.59 Å². The van der Waals surface area contributed by atoms with Crippen LogP contribution in [-0.4, -0.2) is 65.8 Å². The Bertz CT molecular complexity index is 806. The number of carbonyl (C=O) groups excluding carboxylic acids is 1. The third-order valence-corrected chi connectivity index (χ3v) is 6.51. The van der Waals surface area contributed by atoms with Gasteiger partial charge in [-0.1, -0.05) is 20.8 Å². The lowest BCUT2D eigenvalue weighted by Crippen LogP contribution is -2.25. The summed E-state index contributed by atoms with van der Waals surface area (Å²) in [5.74, 6) is -3.27. The Labute approximate surface area is 175 Å². The van der Waals surface area contributed by atoms with Gasteiger partial charge < -0.3 is 30.6 Å². The Hall–Kier alpha value is -2.97. The van der Waals surface area contributed by atoms with Crippen LogP contribution in [0.15, 0.2) is 0 Å². The summed E-state index contributed by atoms with van der Waals surface area (Å²) in [5, 5.41) is 20.3. The molecule has 9 heteroatoms. The number of rotatable bonds is 9. The number of benzene rings is 1. The van der Waals surface area contributed by atoms with Gasteiger partial charge in [0.25, 0.3) is 5.91 Å². The summed E-state index contributed by atoms with van der Waals surface area (Å²) in [7, 11) is 0. The minimum atomic E-state index is -1.24. The predicted octanol–water partition coefficient (Wildman–Crippen LogP) is 1.98. The molecule has 0 radical (unpaired) electrons. The topological polar surface area (TPSA) is 127 Å². The molecule has 4 N–H and O–H groups in total. The van der Waals surface area contributed by atoms with E-state index < -0.39 is 17.8 Å². The number of aromatic carboxylic acids is 2. The molecule has 0 aromatic heterocycles. The summed E-state index contributed by atoms with van der Waals surface area (Å²) < 4.78 is 0. The van der Waals surface area contributed by atoms with Crippen molar-refractivity contribution in [3.63, 3.8) is 0 Å². The van der Waals surface area contributed by atoms with Gasteiger partial charge >= 0.3 is 11.9 Å². The molecular formula is C21H28N4O5. The average molecular weight is 416 g/mol. The Balaban J connectivity index is 2.08. The van der Waals surface area contributed by atoms with Gasteiger partial charge in [-0.3, -0.25) is 4.79 Å². The molecule has 1 aromatic rings. The van der Waals surface area contributed by atoms with Gasteiger partial charge in [0.2, 0.25) is 0 Å². The van der Waals surface area contributed by atoms with Crippen molar-refractivity contribution in [2.75, 3.05) is 34.3 Å². The molecule has 1 amide bonds. The lowest BCUT2D eigenvalue weighted by molar-refractivity contribution is 0.0696. The van der Waals surface area contributed by atoms with Crippen LogP contribution in [0.5, 0.6) is 0 Å². The summed E-state index contributed by atoms with van der Waals surface area (Å²) in [4.78, 5) is 43.1. The van der Waals surface area contributed by atoms with Crippen LogP contribution >= 0.6 is 0 Å². The standard InChI is InChI=1S/C21H28N4O5/c1-4-10-7-23(10)16-13(19(22)26)17(24-8-11(24)5-2)15(21(29)30)18(14(16)20(27)28)25-9-12(25)6-3/h10-12H,4-9H2,1-3H3,(H2,22,26)(H,27,28)(H,29,30). The Morgan fingerprint density at radius 2 is 1.03 bits per heavy atom. The van der Waals surface area contributed by atoms with E-state index in [1.165, 1.54) is 0 Å². The maximum Gasteiger partial charge on any atom is 0.340 e. The number of nitrogens with two attached hydrogens (primary N) is 1. The molecule has 30 heavy (non-hydrogen) atoms. The van der Waals surface area contributed by atoms with Crippen molar-refractivity contribution in [2.45, 2.75) is 58.2 Å². The van der Waals surface area contributed by atoms with Gasteiger partial charge in [0.15, 0.2) is 0 Å². The number of carboxylic acids is 2. The fraction of sp³-hybridized carbons (Fsp3) is 0.571. The molecule has 3 saturated heterocycles. The highest BCUT2D eigenvalue weighted by atomic mass is 16.4. The number of carboxylic acid groups (broad SMARTS) is 2. The normalized spacial score (nSPS) is 24.1. The molecule has 3 heterocycles. The third-order valence-electron chi connectivity index (χ3n) is 6.51. The summed E-state index contributed by atoms with van der Waals surface area (Å²) in [5.41, 5.74) is 6.31. The first-order valence-electron chi connectivity index (χ1n) is 10.6. The smallest absolute Gasteiger partial charge is 0.340 e. The van der Waals surface area contributed by atoms with Crippen LogP contribution in [0, 0.1) is 0 Å².